The Kier molecular flexibility index (Phi) is 3.74. The fraction of sp³-hybridized carbons (Fsp3) is 0.308. The van der Waals surface area contributed by atoms with Gasteiger partial charge in [0.25, 0.3) is 0 Å². The van der Waals surface area contributed by atoms with Crippen LogP contribution in [0, 0.1) is 12.7 Å². The van der Waals surface area contributed by atoms with E-state index in [1.54, 1.807) is 23.7 Å². The number of aromatic nitrogens is 2. The maximum atomic E-state index is 14.0. The van der Waals surface area contributed by atoms with E-state index in [-0.39, 0.29) is 11.9 Å². The highest BCUT2D eigenvalue weighted by molar-refractivity contribution is 5.28. The standard InChI is InChI=1S/C13H17FN4/c1-9-4-3-5-11(13(9)14)12(16-15)8-10-6-7-18(2)17-10/h3-7,12,16H,8,15H2,1-2H3. The molecule has 0 saturated carbocycles. The Bertz CT molecular complexity index is 536. The van der Waals surface area contributed by atoms with Crippen molar-refractivity contribution in [2.45, 2.75) is 19.4 Å². The second kappa shape index (κ2) is 5.29. The third kappa shape index (κ3) is 2.57. The first-order chi connectivity index (χ1) is 8.61. The number of nitrogens with one attached hydrogen (secondary N) is 1. The summed E-state index contributed by atoms with van der Waals surface area (Å²) in [5.74, 6) is 5.32. The second-order valence-electron chi connectivity index (χ2n) is 4.38. The van der Waals surface area contributed by atoms with Crippen LogP contribution < -0.4 is 11.3 Å². The summed E-state index contributed by atoms with van der Waals surface area (Å²) in [7, 11) is 1.85. The highest BCUT2D eigenvalue weighted by Gasteiger charge is 2.17. The fourth-order valence-electron chi connectivity index (χ4n) is 1.98. The van der Waals surface area contributed by atoms with E-state index in [4.69, 9.17) is 5.84 Å². The van der Waals surface area contributed by atoms with Gasteiger partial charge in [0.2, 0.25) is 0 Å². The van der Waals surface area contributed by atoms with Crippen LogP contribution in [0.2, 0.25) is 0 Å². The smallest absolute Gasteiger partial charge is 0.130 e. The molecule has 2 rings (SSSR count). The van der Waals surface area contributed by atoms with Crippen molar-refractivity contribution in [3.05, 3.63) is 53.1 Å². The van der Waals surface area contributed by atoms with Gasteiger partial charge in [-0.25, -0.2) is 4.39 Å². The van der Waals surface area contributed by atoms with Gasteiger partial charge in [-0.15, -0.1) is 0 Å². The third-order valence-corrected chi connectivity index (χ3v) is 2.98. The summed E-state index contributed by atoms with van der Waals surface area (Å²) in [4.78, 5) is 0. The van der Waals surface area contributed by atoms with Crippen LogP contribution in [0.1, 0.15) is 22.9 Å². The van der Waals surface area contributed by atoms with Crippen LogP contribution in [-0.4, -0.2) is 9.78 Å². The number of benzene rings is 1. The van der Waals surface area contributed by atoms with Crippen LogP contribution in [0.5, 0.6) is 0 Å². The number of hydrazine groups is 1. The normalized spacial score (nSPS) is 12.7. The van der Waals surface area contributed by atoms with Crippen molar-refractivity contribution in [3.8, 4) is 0 Å². The zero-order chi connectivity index (χ0) is 13.1. The van der Waals surface area contributed by atoms with Gasteiger partial charge in [0.05, 0.1) is 11.7 Å². The largest absolute Gasteiger partial charge is 0.276 e. The molecule has 0 saturated heterocycles. The molecule has 3 N–H and O–H groups in total. The van der Waals surface area contributed by atoms with E-state index >= 15 is 0 Å². The van der Waals surface area contributed by atoms with Gasteiger partial charge in [-0.05, 0) is 18.6 Å². The van der Waals surface area contributed by atoms with Gasteiger partial charge in [-0.1, -0.05) is 18.2 Å². The van der Waals surface area contributed by atoms with Gasteiger partial charge in [0, 0.05) is 25.2 Å². The van der Waals surface area contributed by atoms with Crippen LogP contribution in [-0.2, 0) is 13.5 Å². The van der Waals surface area contributed by atoms with E-state index in [0.29, 0.717) is 17.5 Å². The minimum Gasteiger partial charge on any atom is -0.276 e. The minimum atomic E-state index is -0.278. The first-order valence-corrected chi connectivity index (χ1v) is 5.81. The summed E-state index contributed by atoms with van der Waals surface area (Å²) in [6.45, 7) is 1.74. The Hall–Kier alpha value is -1.72. The molecule has 2 aromatic rings. The molecule has 96 valence electrons. The van der Waals surface area contributed by atoms with Crippen LogP contribution in [0.3, 0.4) is 0 Å². The lowest BCUT2D eigenvalue weighted by atomic mass is 10.00. The van der Waals surface area contributed by atoms with Gasteiger partial charge in [0.1, 0.15) is 5.82 Å². The third-order valence-electron chi connectivity index (χ3n) is 2.98. The van der Waals surface area contributed by atoms with Crippen molar-refractivity contribution in [2.75, 3.05) is 0 Å². The van der Waals surface area contributed by atoms with E-state index in [1.807, 2.05) is 25.4 Å². The summed E-state index contributed by atoms with van der Waals surface area (Å²) >= 11 is 0. The van der Waals surface area contributed by atoms with Crippen molar-refractivity contribution < 1.29 is 4.39 Å². The molecule has 1 aromatic heterocycles. The van der Waals surface area contributed by atoms with Crippen LogP contribution >= 0.6 is 0 Å². The van der Waals surface area contributed by atoms with Crippen molar-refractivity contribution in [1.29, 1.82) is 0 Å². The van der Waals surface area contributed by atoms with Crippen molar-refractivity contribution in [3.63, 3.8) is 0 Å². The van der Waals surface area contributed by atoms with E-state index < -0.39 is 0 Å². The van der Waals surface area contributed by atoms with Crippen LogP contribution in [0.15, 0.2) is 30.5 Å². The van der Waals surface area contributed by atoms with E-state index in [0.717, 1.165) is 5.69 Å². The van der Waals surface area contributed by atoms with Gasteiger partial charge >= 0.3 is 0 Å². The molecule has 0 spiro atoms. The molecule has 0 amide bonds. The number of nitrogens with zero attached hydrogens (tertiary/aromatic N) is 2. The summed E-state index contributed by atoms with van der Waals surface area (Å²) in [5, 5.41) is 4.27. The van der Waals surface area contributed by atoms with Gasteiger partial charge in [-0.2, -0.15) is 5.10 Å². The maximum absolute atomic E-state index is 14.0. The monoisotopic (exact) mass is 248 g/mol. The fourth-order valence-corrected chi connectivity index (χ4v) is 1.98. The molecule has 0 bridgehead atoms. The van der Waals surface area contributed by atoms with E-state index in [2.05, 4.69) is 10.5 Å². The molecule has 1 aromatic carbocycles. The predicted molar refractivity (Wildman–Crippen MR) is 68.1 cm³/mol. The summed E-state index contributed by atoms with van der Waals surface area (Å²) in [6, 6.07) is 6.94. The quantitative estimate of drug-likeness (QED) is 0.638. The Balaban J connectivity index is 2.25. The molecule has 0 aliphatic rings. The van der Waals surface area contributed by atoms with Crippen molar-refractivity contribution in [1.82, 2.24) is 15.2 Å². The number of rotatable bonds is 4. The Labute approximate surface area is 106 Å². The zero-order valence-electron chi connectivity index (χ0n) is 10.5. The first kappa shape index (κ1) is 12.7. The molecular weight excluding hydrogens is 231 g/mol. The van der Waals surface area contributed by atoms with Crippen molar-refractivity contribution >= 4 is 0 Å². The molecule has 0 fully saturated rings. The molecule has 4 nitrogen and oxygen atoms in total. The molecule has 1 heterocycles. The van der Waals surface area contributed by atoms with Gasteiger partial charge < -0.3 is 0 Å². The number of halogens is 1. The molecule has 0 aliphatic heterocycles. The summed E-state index contributed by atoms with van der Waals surface area (Å²) in [6.07, 6.45) is 2.41. The zero-order valence-corrected chi connectivity index (χ0v) is 10.5. The molecule has 18 heavy (non-hydrogen) atoms. The minimum absolute atomic E-state index is 0.212. The Morgan fingerprint density at radius 3 is 2.83 bits per heavy atom. The highest BCUT2D eigenvalue weighted by atomic mass is 19.1. The lowest BCUT2D eigenvalue weighted by Gasteiger charge is -2.16. The number of aryl methyl sites for hydroxylation is 2. The molecule has 0 aliphatic carbocycles. The molecule has 5 heteroatoms. The molecular formula is C13H17FN4. The Morgan fingerprint density at radius 1 is 1.44 bits per heavy atom. The average molecular weight is 248 g/mol. The predicted octanol–water partition coefficient (Wildman–Crippen LogP) is 1.61. The number of hydrogen-bond donors (Lipinski definition) is 2. The number of nitrogens with two attached hydrogens (primary N) is 1. The van der Waals surface area contributed by atoms with E-state index in [1.165, 1.54) is 0 Å². The van der Waals surface area contributed by atoms with Crippen molar-refractivity contribution in [2.24, 2.45) is 12.9 Å². The van der Waals surface area contributed by atoms with Gasteiger partial charge in [0.15, 0.2) is 0 Å². The van der Waals surface area contributed by atoms with Gasteiger partial charge in [-0.3, -0.25) is 16.0 Å². The van der Waals surface area contributed by atoms with Crippen LogP contribution in [0.25, 0.3) is 0 Å². The molecule has 1 unspecified atom stereocenters. The number of hydrogen-bond acceptors (Lipinski definition) is 3. The lowest BCUT2D eigenvalue weighted by molar-refractivity contribution is 0.501. The Morgan fingerprint density at radius 2 is 2.22 bits per heavy atom. The first-order valence-electron chi connectivity index (χ1n) is 5.81. The SMILES string of the molecule is Cc1cccc(C(Cc2ccn(C)n2)NN)c1F. The highest BCUT2D eigenvalue weighted by Crippen LogP contribution is 2.22. The lowest BCUT2D eigenvalue weighted by Crippen LogP contribution is -2.30. The van der Waals surface area contributed by atoms with E-state index in [9.17, 15) is 4.39 Å². The second-order valence-corrected chi connectivity index (χ2v) is 4.38. The summed E-state index contributed by atoms with van der Waals surface area (Å²) < 4.78 is 15.7. The summed E-state index contributed by atoms with van der Waals surface area (Å²) in [5.41, 5.74) is 4.72. The average Bonchev–Trinajstić information content (AvgIpc) is 2.76. The van der Waals surface area contributed by atoms with Crippen LogP contribution in [0.4, 0.5) is 4.39 Å². The maximum Gasteiger partial charge on any atom is 0.130 e. The molecule has 0 radical (unpaired) electrons. The topological polar surface area (TPSA) is 55.9 Å². The molecule has 1 atom stereocenters.